The molecule has 3 aromatic heterocycles. The SMILES string of the molecule is CC(=O)N1C[C@H](C)N(c2cc(-c3cc(-c4ccnn4C(C(F)(F)F)C(F)(F)F)c4c(N)ncnn34)ccc2F)C(=O)C1(C)C. The van der Waals surface area contributed by atoms with Crippen molar-refractivity contribution >= 4 is 28.8 Å². The molecule has 1 atom stereocenters. The molecule has 4 heterocycles. The molecule has 0 radical (unpaired) electrons. The van der Waals surface area contributed by atoms with Crippen LogP contribution < -0.4 is 10.6 Å². The summed E-state index contributed by atoms with van der Waals surface area (Å²) in [6.45, 7) is 6.11. The molecule has 10 nitrogen and oxygen atoms in total. The lowest BCUT2D eigenvalue weighted by atomic mass is 9.93. The number of nitrogens with zero attached hydrogens (tertiary/aromatic N) is 7. The molecule has 1 aliphatic rings. The number of nitrogens with two attached hydrogens (primary N) is 1. The van der Waals surface area contributed by atoms with E-state index in [1.54, 1.807) is 6.92 Å². The van der Waals surface area contributed by atoms with Gasteiger partial charge < -0.3 is 15.5 Å². The Kier molecular flexibility index (Phi) is 7.12. The number of amides is 2. The van der Waals surface area contributed by atoms with Crippen LogP contribution in [0.25, 0.3) is 28.0 Å². The number of hydrogen-bond donors (Lipinski definition) is 1. The van der Waals surface area contributed by atoms with E-state index in [0.29, 0.717) is 0 Å². The van der Waals surface area contributed by atoms with Crippen LogP contribution in [-0.2, 0) is 9.59 Å². The number of anilines is 2. The van der Waals surface area contributed by atoms with Crippen LogP contribution >= 0.6 is 0 Å². The predicted octanol–water partition coefficient (Wildman–Crippen LogP) is 5.01. The van der Waals surface area contributed by atoms with Crippen molar-refractivity contribution in [2.24, 2.45) is 0 Å². The first-order chi connectivity index (χ1) is 20.4. The van der Waals surface area contributed by atoms with Crippen LogP contribution in [0.2, 0.25) is 0 Å². The largest absolute Gasteiger partial charge is 0.419 e. The Morgan fingerprint density at radius 3 is 2.32 bits per heavy atom. The maximum absolute atomic E-state index is 15.3. The van der Waals surface area contributed by atoms with E-state index >= 15 is 4.39 Å². The number of carbonyl (C=O) groups excluding carboxylic acids is 2. The third-order valence-corrected chi connectivity index (χ3v) is 7.58. The standard InChI is InChI=1S/C27H25F7N8O2/c1-13-11-39(14(2)43)25(3,4)24(44)40(13)20-9-15(5-6-17(20)28)19-10-16(21-22(35)36-12-38-41(19)21)18-7-8-37-42(18)23(26(29,30)31)27(32,33)34/h5-10,12-13,23H,11H2,1-4H3,(H2,35,36,38)/t13-/m0/s1. The topological polar surface area (TPSA) is 115 Å². The molecule has 5 rings (SSSR count). The second kappa shape index (κ2) is 10.2. The molecule has 17 heteroatoms. The van der Waals surface area contributed by atoms with Gasteiger partial charge in [0.2, 0.25) is 11.9 Å². The van der Waals surface area contributed by atoms with Gasteiger partial charge in [-0.3, -0.25) is 9.59 Å². The Morgan fingerprint density at radius 1 is 1.05 bits per heavy atom. The molecule has 0 spiro atoms. The van der Waals surface area contributed by atoms with E-state index < -0.39 is 47.4 Å². The lowest BCUT2D eigenvalue weighted by Crippen LogP contribution is -2.67. The van der Waals surface area contributed by atoms with Crippen molar-refractivity contribution in [3.63, 3.8) is 0 Å². The summed E-state index contributed by atoms with van der Waals surface area (Å²) in [4.78, 5) is 32.2. The zero-order valence-electron chi connectivity index (χ0n) is 23.6. The summed E-state index contributed by atoms with van der Waals surface area (Å²) in [5.74, 6) is -1.96. The fourth-order valence-electron chi connectivity index (χ4n) is 5.58. The van der Waals surface area contributed by atoms with Gasteiger partial charge in [-0.15, -0.1) is 0 Å². The molecule has 1 aliphatic heterocycles. The van der Waals surface area contributed by atoms with Gasteiger partial charge in [0.1, 0.15) is 23.2 Å². The molecule has 1 aromatic carbocycles. The molecule has 4 aromatic rings. The zero-order chi connectivity index (χ0) is 32.5. The van der Waals surface area contributed by atoms with Crippen LogP contribution in [-0.4, -0.2) is 71.6 Å². The van der Waals surface area contributed by atoms with Gasteiger partial charge in [0.15, 0.2) is 5.82 Å². The van der Waals surface area contributed by atoms with Gasteiger partial charge in [-0.1, -0.05) is 0 Å². The van der Waals surface area contributed by atoms with Crippen molar-refractivity contribution in [1.29, 1.82) is 0 Å². The van der Waals surface area contributed by atoms with Gasteiger partial charge in [0.25, 0.3) is 5.91 Å². The summed E-state index contributed by atoms with van der Waals surface area (Å²) >= 11 is 0. The van der Waals surface area contributed by atoms with E-state index in [1.165, 1.54) is 48.8 Å². The molecule has 1 fully saturated rings. The minimum absolute atomic E-state index is 0.0930. The second-order valence-electron chi connectivity index (χ2n) is 10.9. The maximum atomic E-state index is 15.3. The number of piperazine rings is 1. The second-order valence-corrected chi connectivity index (χ2v) is 10.9. The van der Waals surface area contributed by atoms with E-state index in [0.717, 1.165) is 29.2 Å². The van der Waals surface area contributed by atoms with Crippen molar-refractivity contribution in [2.75, 3.05) is 17.2 Å². The molecule has 234 valence electrons. The molecule has 0 saturated carbocycles. The third kappa shape index (κ3) is 4.89. The summed E-state index contributed by atoms with van der Waals surface area (Å²) in [5.41, 5.74) is 3.94. The normalized spacial score (nSPS) is 17.6. The fraction of sp³-hybridized carbons (Fsp3) is 0.370. The first-order valence-electron chi connectivity index (χ1n) is 13.1. The third-order valence-electron chi connectivity index (χ3n) is 7.58. The number of carbonyl (C=O) groups is 2. The van der Waals surface area contributed by atoms with Gasteiger partial charge in [-0.25, -0.2) is 18.6 Å². The minimum Gasteiger partial charge on any atom is -0.382 e. The van der Waals surface area contributed by atoms with Gasteiger partial charge in [-0.2, -0.15) is 36.5 Å². The van der Waals surface area contributed by atoms with Gasteiger partial charge in [0.05, 0.1) is 23.1 Å². The van der Waals surface area contributed by atoms with Gasteiger partial charge >= 0.3 is 12.4 Å². The van der Waals surface area contributed by atoms with Crippen LogP contribution in [0.4, 0.5) is 42.2 Å². The van der Waals surface area contributed by atoms with Crippen LogP contribution in [0, 0.1) is 5.82 Å². The number of aromatic nitrogens is 5. The molecule has 2 amide bonds. The average Bonchev–Trinajstić information content (AvgIpc) is 3.51. The summed E-state index contributed by atoms with van der Waals surface area (Å²) < 4.78 is 98.2. The van der Waals surface area contributed by atoms with E-state index in [1.807, 2.05) is 0 Å². The number of hydrogen-bond acceptors (Lipinski definition) is 6. The highest BCUT2D eigenvalue weighted by atomic mass is 19.4. The van der Waals surface area contributed by atoms with Crippen molar-refractivity contribution in [3.05, 3.63) is 48.7 Å². The van der Waals surface area contributed by atoms with Crippen molar-refractivity contribution in [1.82, 2.24) is 29.3 Å². The van der Waals surface area contributed by atoms with Gasteiger partial charge in [0, 0.05) is 30.8 Å². The van der Waals surface area contributed by atoms with E-state index in [-0.39, 0.29) is 51.0 Å². The summed E-state index contributed by atoms with van der Waals surface area (Å²) in [6.07, 6.45) is -9.67. The quantitative estimate of drug-likeness (QED) is 0.319. The Hall–Kier alpha value is -4.70. The molecular formula is C27H25F7N8O2. The van der Waals surface area contributed by atoms with Crippen LogP contribution in [0.1, 0.15) is 33.7 Å². The Labute approximate surface area is 244 Å². The predicted molar refractivity (Wildman–Crippen MR) is 144 cm³/mol. The Balaban J connectivity index is 1.69. The smallest absolute Gasteiger partial charge is 0.382 e. The first kappa shape index (κ1) is 30.7. The number of rotatable bonds is 4. The number of nitrogen functional groups attached to an aromatic ring is 1. The molecule has 0 bridgehead atoms. The summed E-state index contributed by atoms with van der Waals surface area (Å²) in [7, 11) is 0. The Bertz CT molecular complexity index is 1760. The molecule has 1 saturated heterocycles. The van der Waals surface area contributed by atoms with Gasteiger partial charge in [-0.05, 0) is 51.1 Å². The monoisotopic (exact) mass is 626 g/mol. The van der Waals surface area contributed by atoms with Crippen molar-refractivity contribution in [3.8, 4) is 22.5 Å². The molecule has 2 N–H and O–H groups in total. The average molecular weight is 627 g/mol. The lowest BCUT2D eigenvalue weighted by molar-refractivity contribution is -0.276. The zero-order valence-corrected chi connectivity index (χ0v) is 23.6. The maximum Gasteiger partial charge on any atom is 0.419 e. The highest BCUT2D eigenvalue weighted by Crippen LogP contribution is 2.46. The number of alkyl halides is 6. The fourth-order valence-corrected chi connectivity index (χ4v) is 5.58. The number of benzene rings is 1. The summed E-state index contributed by atoms with van der Waals surface area (Å²) in [6, 6.07) is 1.25. The van der Waals surface area contributed by atoms with Crippen LogP contribution in [0.3, 0.4) is 0 Å². The lowest BCUT2D eigenvalue weighted by Gasteiger charge is -2.48. The molecule has 0 unspecified atom stereocenters. The van der Waals surface area contributed by atoms with Crippen molar-refractivity contribution in [2.45, 2.75) is 57.7 Å². The highest BCUT2D eigenvalue weighted by molar-refractivity contribution is 6.04. The number of halogens is 7. The van der Waals surface area contributed by atoms with Crippen LogP contribution in [0.5, 0.6) is 0 Å². The number of fused-ring (bicyclic) bond motifs is 1. The van der Waals surface area contributed by atoms with E-state index in [2.05, 4.69) is 15.2 Å². The Morgan fingerprint density at radius 2 is 1.70 bits per heavy atom. The summed E-state index contributed by atoms with van der Waals surface area (Å²) in [5, 5.41) is 7.44. The van der Waals surface area contributed by atoms with Crippen LogP contribution in [0.15, 0.2) is 42.9 Å². The van der Waals surface area contributed by atoms with E-state index in [9.17, 15) is 35.9 Å². The van der Waals surface area contributed by atoms with E-state index in [4.69, 9.17) is 5.73 Å². The van der Waals surface area contributed by atoms with Crippen molar-refractivity contribution < 1.29 is 40.3 Å². The molecule has 0 aliphatic carbocycles. The molecule has 44 heavy (non-hydrogen) atoms. The first-order valence-corrected chi connectivity index (χ1v) is 13.1. The molecular weight excluding hydrogens is 601 g/mol. The highest BCUT2D eigenvalue weighted by Gasteiger charge is 2.59. The minimum atomic E-state index is -5.74.